The van der Waals surface area contributed by atoms with Crippen molar-refractivity contribution in [3.05, 3.63) is 36.4 Å². The molecule has 2 rings (SSSR count). The fourth-order valence-corrected chi connectivity index (χ4v) is 3.06. The van der Waals surface area contributed by atoms with Gasteiger partial charge in [0.25, 0.3) is 0 Å². The van der Waals surface area contributed by atoms with Gasteiger partial charge in [0, 0.05) is 38.3 Å². The number of benzene rings is 1. The van der Waals surface area contributed by atoms with Crippen molar-refractivity contribution in [3.8, 4) is 23.8 Å². The highest BCUT2D eigenvalue weighted by Gasteiger charge is 2.18. The largest absolute Gasteiger partial charge is 0.493 e. The highest BCUT2D eigenvalue weighted by molar-refractivity contribution is 5.46. The molecule has 0 aliphatic carbocycles. The van der Waals surface area contributed by atoms with Crippen molar-refractivity contribution in [3.63, 3.8) is 0 Å². The normalized spacial score (nSPS) is 15.9. The molecule has 1 atom stereocenters. The monoisotopic (exact) mass is 374 g/mol. The zero-order chi connectivity index (χ0) is 19.5. The lowest BCUT2D eigenvalue weighted by molar-refractivity contribution is 0.00432. The summed E-state index contributed by atoms with van der Waals surface area (Å²) in [5, 5.41) is 10.4. The highest BCUT2D eigenvalue weighted by atomic mass is 16.5. The minimum atomic E-state index is -0.587. The summed E-state index contributed by atoms with van der Waals surface area (Å²) in [7, 11) is 1.61. The maximum Gasteiger partial charge on any atom is 0.165 e. The van der Waals surface area contributed by atoms with Gasteiger partial charge in [0.1, 0.15) is 12.7 Å². The van der Waals surface area contributed by atoms with Crippen LogP contribution in [0.5, 0.6) is 11.5 Å². The third-order valence-corrected chi connectivity index (χ3v) is 4.37. The molecule has 0 bridgehead atoms. The zero-order valence-corrected chi connectivity index (χ0v) is 16.1. The van der Waals surface area contributed by atoms with Crippen LogP contribution in [0.25, 0.3) is 0 Å². The van der Waals surface area contributed by atoms with E-state index in [0.717, 1.165) is 18.7 Å². The Morgan fingerprint density at radius 1 is 1.44 bits per heavy atom. The van der Waals surface area contributed by atoms with E-state index in [4.69, 9.17) is 20.6 Å². The molecule has 1 N–H and O–H groups in total. The van der Waals surface area contributed by atoms with Gasteiger partial charge in [-0.05, 0) is 6.07 Å². The number of rotatable bonds is 11. The average molecular weight is 374 g/mol. The van der Waals surface area contributed by atoms with E-state index in [9.17, 15) is 5.11 Å². The number of terminal acetylenes is 1. The number of aliphatic hydroxyl groups excluding tert-OH is 1. The minimum Gasteiger partial charge on any atom is -0.493 e. The molecule has 1 aromatic carbocycles. The van der Waals surface area contributed by atoms with Crippen molar-refractivity contribution in [1.82, 2.24) is 9.80 Å². The van der Waals surface area contributed by atoms with Gasteiger partial charge in [-0.2, -0.15) is 0 Å². The molecular formula is C21H30N2O4. The Balaban J connectivity index is 2.02. The van der Waals surface area contributed by atoms with E-state index in [1.807, 2.05) is 24.3 Å². The molecule has 148 valence electrons. The van der Waals surface area contributed by atoms with Gasteiger partial charge in [-0.25, -0.2) is 0 Å². The number of morpholine rings is 1. The Bertz CT molecular complexity index is 623. The molecule has 6 heteroatoms. The van der Waals surface area contributed by atoms with E-state index >= 15 is 0 Å². The molecule has 1 heterocycles. The van der Waals surface area contributed by atoms with Crippen LogP contribution >= 0.6 is 0 Å². The van der Waals surface area contributed by atoms with Crippen LogP contribution in [0.1, 0.15) is 5.56 Å². The van der Waals surface area contributed by atoms with Crippen molar-refractivity contribution < 1.29 is 19.3 Å². The van der Waals surface area contributed by atoms with Crippen molar-refractivity contribution in [2.45, 2.75) is 12.6 Å². The molecule has 0 saturated carbocycles. The first-order valence-electron chi connectivity index (χ1n) is 9.21. The first kappa shape index (κ1) is 21.3. The van der Waals surface area contributed by atoms with Crippen LogP contribution in [-0.2, 0) is 11.3 Å². The van der Waals surface area contributed by atoms with Crippen LogP contribution in [0.4, 0.5) is 0 Å². The van der Waals surface area contributed by atoms with Crippen LogP contribution in [0.2, 0.25) is 0 Å². The van der Waals surface area contributed by atoms with Crippen molar-refractivity contribution >= 4 is 0 Å². The van der Waals surface area contributed by atoms with E-state index < -0.39 is 6.10 Å². The molecular weight excluding hydrogens is 344 g/mol. The number of para-hydroxylation sites is 1. The maximum absolute atomic E-state index is 10.4. The smallest absolute Gasteiger partial charge is 0.165 e. The Kier molecular flexibility index (Phi) is 9.16. The molecule has 1 aliphatic rings. The molecule has 1 aliphatic heterocycles. The highest BCUT2D eigenvalue weighted by Crippen LogP contribution is 2.32. The number of ether oxygens (including phenoxy) is 3. The van der Waals surface area contributed by atoms with Crippen molar-refractivity contribution in [2.75, 3.05) is 59.7 Å². The predicted octanol–water partition coefficient (Wildman–Crippen LogP) is 1.39. The second-order valence-corrected chi connectivity index (χ2v) is 6.49. The Labute approximate surface area is 162 Å². The number of nitrogens with zero attached hydrogens (tertiary/aromatic N) is 2. The second kappa shape index (κ2) is 11.6. The average Bonchev–Trinajstić information content (AvgIpc) is 2.68. The number of β-amino-alcohol motifs (C(OH)–C–C–N with tert-alkyl or cyclic N) is 1. The molecule has 0 amide bonds. The molecule has 0 aromatic heterocycles. The third-order valence-electron chi connectivity index (χ3n) is 4.37. The van der Waals surface area contributed by atoms with Crippen molar-refractivity contribution in [1.29, 1.82) is 0 Å². The van der Waals surface area contributed by atoms with Gasteiger partial charge in [-0.1, -0.05) is 24.1 Å². The van der Waals surface area contributed by atoms with Gasteiger partial charge < -0.3 is 19.3 Å². The predicted molar refractivity (Wildman–Crippen MR) is 106 cm³/mol. The fourth-order valence-electron chi connectivity index (χ4n) is 3.06. The molecule has 1 saturated heterocycles. The van der Waals surface area contributed by atoms with Crippen LogP contribution in [-0.4, -0.2) is 80.7 Å². The molecule has 1 fully saturated rings. The number of aliphatic hydroxyl groups is 1. The lowest BCUT2D eigenvalue weighted by Gasteiger charge is -2.28. The summed E-state index contributed by atoms with van der Waals surface area (Å²) < 4.78 is 16.8. The first-order valence-corrected chi connectivity index (χ1v) is 9.21. The topological polar surface area (TPSA) is 54.4 Å². The fraction of sp³-hybridized carbons (Fsp3) is 0.524. The summed E-state index contributed by atoms with van der Waals surface area (Å²) in [6, 6.07) is 5.76. The quantitative estimate of drug-likeness (QED) is 0.467. The maximum atomic E-state index is 10.4. The summed E-state index contributed by atoms with van der Waals surface area (Å²) >= 11 is 0. The van der Waals surface area contributed by atoms with Gasteiger partial charge in [-0.3, -0.25) is 9.80 Å². The number of hydrogen-bond acceptors (Lipinski definition) is 6. The summed E-state index contributed by atoms with van der Waals surface area (Å²) in [5.74, 6) is 3.96. The molecule has 0 spiro atoms. The van der Waals surface area contributed by atoms with Gasteiger partial charge in [0.2, 0.25) is 0 Å². The third kappa shape index (κ3) is 6.89. The van der Waals surface area contributed by atoms with Crippen molar-refractivity contribution in [2.24, 2.45) is 0 Å². The number of methoxy groups -OCH3 is 1. The number of hydrogen-bond donors (Lipinski definition) is 1. The van der Waals surface area contributed by atoms with E-state index in [-0.39, 0.29) is 6.61 Å². The molecule has 27 heavy (non-hydrogen) atoms. The summed E-state index contributed by atoms with van der Waals surface area (Å²) in [6.45, 7) is 9.43. The lowest BCUT2D eigenvalue weighted by Crippen LogP contribution is -2.42. The molecule has 6 nitrogen and oxygen atoms in total. The van der Waals surface area contributed by atoms with Crippen LogP contribution in [0.3, 0.4) is 0 Å². The summed E-state index contributed by atoms with van der Waals surface area (Å²) in [6.07, 6.45) is 6.70. The van der Waals surface area contributed by atoms with Gasteiger partial charge in [0.05, 0.1) is 26.9 Å². The minimum absolute atomic E-state index is 0.196. The van der Waals surface area contributed by atoms with Gasteiger partial charge >= 0.3 is 0 Å². The Morgan fingerprint density at radius 2 is 2.22 bits per heavy atom. The van der Waals surface area contributed by atoms with E-state index in [1.54, 1.807) is 7.11 Å². The molecule has 1 aromatic rings. The van der Waals surface area contributed by atoms with Crippen LogP contribution < -0.4 is 9.47 Å². The van der Waals surface area contributed by atoms with E-state index in [1.165, 1.54) is 0 Å². The first-order chi connectivity index (χ1) is 13.2. The standard InChI is InChI=1S/C21H30N2O4/c1-4-9-22(10-5-2)15-18-7-6-8-20(25-3)21(18)27-17-19(24)16-23-11-13-26-14-12-23/h1,5-8,19,24H,2,9-17H2,3H3. The summed E-state index contributed by atoms with van der Waals surface area (Å²) in [4.78, 5) is 4.26. The lowest BCUT2D eigenvalue weighted by atomic mass is 10.1. The van der Waals surface area contributed by atoms with Crippen LogP contribution in [0, 0.1) is 12.3 Å². The molecule has 0 radical (unpaired) electrons. The molecule has 1 unspecified atom stereocenters. The second-order valence-electron chi connectivity index (χ2n) is 6.49. The van der Waals surface area contributed by atoms with E-state index in [2.05, 4.69) is 22.3 Å². The van der Waals surface area contributed by atoms with Gasteiger partial charge in [0.15, 0.2) is 11.5 Å². The zero-order valence-electron chi connectivity index (χ0n) is 16.1. The Morgan fingerprint density at radius 3 is 2.89 bits per heavy atom. The Hall–Kier alpha value is -2.04. The van der Waals surface area contributed by atoms with E-state index in [0.29, 0.717) is 50.9 Å². The van der Waals surface area contributed by atoms with Gasteiger partial charge in [-0.15, -0.1) is 13.0 Å². The summed E-state index contributed by atoms with van der Waals surface area (Å²) in [5.41, 5.74) is 0.963. The van der Waals surface area contributed by atoms with Crippen LogP contribution in [0.15, 0.2) is 30.9 Å². The SMILES string of the molecule is C#CCN(CC=C)Cc1cccc(OC)c1OCC(O)CN1CCOCC1.